The van der Waals surface area contributed by atoms with Gasteiger partial charge in [0.1, 0.15) is 5.54 Å². The van der Waals surface area contributed by atoms with E-state index < -0.39 is 5.54 Å². The van der Waals surface area contributed by atoms with E-state index in [-0.39, 0.29) is 11.9 Å². The van der Waals surface area contributed by atoms with Crippen LogP contribution in [0.25, 0.3) is 0 Å². The summed E-state index contributed by atoms with van der Waals surface area (Å²) < 4.78 is 4.57. The Morgan fingerprint density at radius 1 is 2.00 bits per heavy atom. The third kappa shape index (κ3) is 1.14. The van der Waals surface area contributed by atoms with Crippen LogP contribution < -0.4 is 4.84 Å². The van der Waals surface area contributed by atoms with E-state index in [0.29, 0.717) is 6.42 Å². The maximum absolute atomic E-state index is 11.1. The summed E-state index contributed by atoms with van der Waals surface area (Å²) in [6.45, 7) is 3.58. The first-order chi connectivity index (χ1) is 5.21. The zero-order valence-corrected chi connectivity index (χ0v) is 7.02. The van der Waals surface area contributed by atoms with Gasteiger partial charge in [0.15, 0.2) is 0 Å². The van der Waals surface area contributed by atoms with Crippen molar-refractivity contribution in [2.24, 2.45) is 5.92 Å². The Morgan fingerprint density at radius 2 is 2.64 bits per heavy atom. The molecule has 0 heterocycles. The van der Waals surface area contributed by atoms with Crippen molar-refractivity contribution in [3.63, 3.8) is 0 Å². The van der Waals surface area contributed by atoms with Gasteiger partial charge in [0.05, 0.1) is 7.11 Å². The largest absolute Gasteiger partial charge is 0.468 e. The Labute approximate surface area is 70.5 Å². The van der Waals surface area contributed by atoms with Crippen molar-refractivity contribution in [2.45, 2.75) is 12.0 Å². The first kappa shape index (κ1) is 8.56. The topological polar surface area (TPSA) is 38.3 Å². The number of carbonyl (C=O) groups excluding carboxylic acids is 1. The average molecular weight is 176 g/mol. The van der Waals surface area contributed by atoms with Crippen molar-refractivity contribution >= 4 is 17.7 Å². The molecule has 2 atom stereocenters. The molecule has 0 spiro atoms. The predicted molar refractivity (Wildman–Crippen MR) is 42.0 cm³/mol. The molecule has 11 heavy (non-hydrogen) atoms. The van der Waals surface area contributed by atoms with E-state index in [1.165, 1.54) is 7.11 Å². The molecule has 62 valence electrons. The molecule has 3 nitrogen and oxygen atoms in total. The number of halogens is 1. The molecule has 0 aliphatic heterocycles. The van der Waals surface area contributed by atoms with Crippen molar-refractivity contribution in [3.8, 4) is 0 Å². The second kappa shape index (κ2) is 2.83. The van der Waals surface area contributed by atoms with Crippen LogP contribution in [-0.2, 0) is 9.53 Å². The number of hydrogen-bond donors (Lipinski definition) is 1. The third-order valence-corrected chi connectivity index (χ3v) is 2.35. The van der Waals surface area contributed by atoms with Gasteiger partial charge < -0.3 is 4.74 Å². The Bertz CT molecular complexity index is 195. The highest BCUT2D eigenvalue weighted by Gasteiger charge is 2.59. The quantitative estimate of drug-likeness (QED) is 0.393. The van der Waals surface area contributed by atoms with Crippen LogP contribution in [0, 0.1) is 5.92 Å². The van der Waals surface area contributed by atoms with Crippen molar-refractivity contribution in [1.29, 1.82) is 0 Å². The van der Waals surface area contributed by atoms with Gasteiger partial charge in [-0.3, -0.25) is 0 Å². The molecule has 0 saturated heterocycles. The monoisotopic (exact) mass is 175 g/mol. The number of methoxy groups -OCH3 is 1. The van der Waals surface area contributed by atoms with Gasteiger partial charge in [0.2, 0.25) is 0 Å². The molecule has 0 bridgehead atoms. The molecular weight excluding hydrogens is 166 g/mol. The fourth-order valence-corrected chi connectivity index (χ4v) is 1.43. The van der Waals surface area contributed by atoms with Gasteiger partial charge in [-0.05, 0) is 18.2 Å². The zero-order valence-electron chi connectivity index (χ0n) is 6.26. The average Bonchev–Trinajstić information content (AvgIpc) is 2.78. The number of carbonyl (C=O) groups is 1. The molecule has 0 aromatic rings. The highest BCUT2D eigenvalue weighted by atomic mass is 35.5. The predicted octanol–water partition coefficient (Wildman–Crippen LogP) is 0.847. The van der Waals surface area contributed by atoms with Crippen LogP contribution in [0.3, 0.4) is 0 Å². The van der Waals surface area contributed by atoms with E-state index in [0.717, 1.165) is 0 Å². The fourth-order valence-electron chi connectivity index (χ4n) is 1.14. The van der Waals surface area contributed by atoms with Gasteiger partial charge in [-0.2, -0.15) is 0 Å². The Morgan fingerprint density at radius 3 is 2.91 bits per heavy atom. The lowest BCUT2D eigenvalue weighted by Crippen LogP contribution is -2.36. The Hall–Kier alpha value is -0.540. The Balaban J connectivity index is 2.66. The Kier molecular flexibility index (Phi) is 2.20. The highest BCUT2D eigenvalue weighted by Crippen LogP contribution is 2.45. The van der Waals surface area contributed by atoms with Crippen LogP contribution >= 0.6 is 11.8 Å². The second-order valence-corrected chi connectivity index (χ2v) is 2.79. The van der Waals surface area contributed by atoms with E-state index in [2.05, 4.69) is 16.2 Å². The molecule has 1 saturated carbocycles. The zero-order chi connectivity index (χ0) is 8.48. The van der Waals surface area contributed by atoms with Crippen molar-refractivity contribution < 1.29 is 9.53 Å². The standard InChI is InChI=1S/C7H10ClNO2/c1-3-5-4-7(5,9-8)6(10)11-2/h3,5,9H,1,4H2,2H3/t5?,7-/m1/s1. The van der Waals surface area contributed by atoms with Gasteiger partial charge in [-0.15, -0.1) is 6.58 Å². The minimum atomic E-state index is -0.696. The summed E-state index contributed by atoms with van der Waals surface area (Å²) in [5.41, 5.74) is -0.696. The van der Waals surface area contributed by atoms with E-state index in [4.69, 9.17) is 11.8 Å². The van der Waals surface area contributed by atoms with E-state index >= 15 is 0 Å². The van der Waals surface area contributed by atoms with Crippen LogP contribution in [0.1, 0.15) is 6.42 Å². The van der Waals surface area contributed by atoms with Crippen molar-refractivity contribution in [1.82, 2.24) is 4.84 Å². The van der Waals surface area contributed by atoms with Gasteiger partial charge in [-0.25, -0.2) is 9.63 Å². The molecule has 1 aliphatic carbocycles. The summed E-state index contributed by atoms with van der Waals surface area (Å²) in [5, 5.41) is 0. The van der Waals surface area contributed by atoms with E-state index in [9.17, 15) is 4.79 Å². The molecule has 0 amide bonds. The summed E-state index contributed by atoms with van der Waals surface area (Å²) in [7, 11) is 1.34. The van der Waals surface area contributed by atoms with E-state index in [1.807, 2.05) is 0 Å². The van der Waals surface area contributed by atoms with Crippen LogP contribution in [0.2, 0.25) is 0 Å². The number of hydrogen-bond acceptors (Lipinski definition) is 3. The van der Waals surface area contributed by atoms with Crippen LogP contribution in [0.15, 0.2) is 12.7 Å². The lowest BCUT2D eigenvalue weighted by Gasteiger charge is -2.09. The number of rotatable bonds is 3. The summed E-state index contributed by atoms with van der Waals surface area (Å²) in [6.07, 6.45) is 2.37. The summed E-state index contributed by atoms with van der Waals surface area (Å²) >= 11 is 5.40. The van der Waals surface area contributed by atoms with Gasteiger partial charge in [-0.1, -0.05) is 6.08 Å². The molecule has 1 unspecified atom stereocenters. The minimum Gasteiger partial charge on any atom is -0.468 e. The molecule has 0 radical (unpaired) electrons. The van der Waals surface area contributed by atoms with Crippen molar-refractivity contribution in [2.75, 3.05) is 7.11 Å². The molecule has 1 fully saturated rings. The van der Waals surface area contributed by atoms with Gasteiger partial charge in [0, 0.05) is 5.92 Å². The highest BCUT2D eigenvalue weighted by molar-refractivity contribution is 6.16. The second-order valence-electron chi connectivity index (χ2n) is 2.60. The molecule has 1 N–H and O–H groups in total. The molecule has 0 aromatic heterocycles. The lowest BCUT2D eigenvalue weighted by molar-refractivity contribution is -0.144. The maximum Gasteiger partial charge on any atom is 0.327 e. The lowest BCUT2D eigenvalue weighted by atomic mass is 10.2. The summed E-state index contributed by atoms with van der Waals surface area (Å²) in [5.74, 6) is -0.218. The summed E-state index contributed by atoms with van der Waals surface area (Å²) in [4.78, 5) is 13.5. The van der Waals surface area contributed by atoms with Crippen LogP contribution in [-0.4, -0.2) is 18.6 Å². The van der Waals surface area contributed by atoms with Gasteiger partial charge in [0.25, 0.3) is 0 Å². The molecular formula is C7H10ClNO2. The molecule has 4 heteroatoms. The molecule has 0 aromatic carbocycles. The van der Waals surface area contributed by atoms with Crippen molar-refractivity contribution in [3.05, 3.63) is 12.7 Å². The van der Waals surface area contributed by atoms with Crippen LogP contribution in [0.4, 0.5) is 0 Å². The van der Waals surface area contributed by atoms with E-state index in [1.54, 1.807) is 6.08 Å². The molecule has 1 aliphatic rings. The SMILES string of the molecule is C=CC1C[C@]1(NCl)C(=O)OC. The normalized spacial score (nSPS) is 34.5. The number of esters is 1. The fraction of sp³-hybridized carbons (Fsp3) is 0.571. The van der Waals surface area contributed by atoms with Crippen LogP contribution in [0.5, 0.6) is 0 Å². The van der Waals surface area contributed by atoms with Gasteiger partial charge >= 0.3 is 5.97 Å². The third-order valence-electron chi connectivity index (χ3n) is 2.02. The first-order valence-corrected chi connectivity index (χ1v) is 3.68. The first-order valence-electron chi connectivity index (χ1n) is 3.30. The maximum atomic E-state index is 11.1. The smallest absolute Gasteiger partial charge is 0.327 e. The minimum absolute atomic E-state index is 0.104. The molecule has 1 rings (SSSR count). The number of ether oxygens (including phenoxy) is 1. The number of nitrogens with one attached hydrogen (secondary N) is 1. The summed E-state index contributed by atoms with van der Waals surface area (Å²) in [6, 6.07) is 0.